The van der Waals surface area contributed by atoms with Gasteiger partial charge in [-0.2, -0.15) is 21.4 Å². The molecule has 0 aromatic heterocycles. The first kappa shape index (κ1) is 32.1. The van der Waals surface area contributed by atoms with Gasteiger partial charge in [-0.25, -0.2) is 4.48 Å². The van der Waals surface area contributed by atoms with Gasteiger partial charge >= 0.3 is 10.1 Å². The molecule has 45 heavy (non-hydrogen) atoms. The van der Waals surface area contributed by atoms with Gasteiger partial charge in [-0.3, -0.25) is 9.11 Å². The summed E-state index contributed by atoms with van der Waals surface area (Å²) in [5, 5.41) is -0.287. The van der Waals surface area contributed by atoms with Crippen LogP contribution in [0, 0.1) is 0 Å². The van der Waals surface area contributed by atoms with Crippen molar-refractivity contribution in [2.75, 3.05) is 18.8 Å². The number of nitrogens with zero attached hydrogens (tertiary/aromatic N) is 2. The summed E-state index contributed by atoms with van der Waals surface area (Å²) in [4.78, 5) is 0. The molecule has 6 rings (SSSR count). The quantitative estimate of drug-likeness (QED) is 0.150. The fraction of sp³-hybridized carbons (Fsp3) is 0.382. The molecule has 1 spiro atoms. The molecular weight excluding hydrogens is 632 g/mol. The largest absolute Gasteiger partial charge is 0.326 e. The van der Waals surface area contributed by atoms with E-state index in [0.717, 1.165) is 64.3 Å². The van der Waals surface area contributed by atoms with Crippen LogP contribution in [0.3, 0.4) is 0 Å². The highest BCUT2D eigenvalue weighted by atomic mass is 35.5. The fourth-order valence-electron chi connectivity index (χ4n) is 7.64. The lowest BCUT2D eigenvalue weighted by molar-refractivity contribution is -0.432. The van der Waals surface area contributed by atoms with Crippen molar-refractivity contribution in [2.45, 2.75) is 63.2 Å². The van der Waals surface area contributed by atoms with Crippen molar-refractivity contribution >= 4 is 48.9 Å². The van der Waals surface area contributed by atoms with Crippen LogP contribution in [0.25, 0.3) is 0 Å². The van der Waals surface area contributed by atoms with Crippen molar-refractivity contribution in [3.05, 3.63) is 106 Å². The first-order valence-corrected chi connectivity index (χ1v) is 18.6. The SMILES string of the molecule is CC1(C)C(/C=C/C2=C(Cl)C(=C/C=C3\C(C)(C)c4ccccc4[N+]34CC4S(=O)(=O)O)/CCC2)=[N+](CCS(=O)(=O)O)c2ccccc21. The highest BCUT2D eigenvalue weighted by molar-refractivity contribution is 7.86. The Bertz CT molecular complexity index is 1990. The Labute approximate surface area is 270 Å². The summed E-state index contributed by atoms with van der Waals surface area (Å²) in [6.45, 7) is 8.77. The highest BCUT2D eigenvalue weighted by Crippen LogP contribution is 2.60. The summed E-state index contributed by atoms with van der Waals surface area (Å²) in [5.74, 6) is -0.390. The Kier molecular flexibility index (Phi) is 7.74. The summed E-state index contributed by atoms with van der Waals surface area (Å²) in [6, 6.07) is 15.7. The van der Waals surface area contributed by atoms with Crippen molar-refractivity contribution in [1.82, 2.24) is 4.48 Å². The van der Waals surface area contributed by atoms with E-state index < -0.39 is 42.2 Å². The maximum absolute atomic E-state index is 12.3. The van der Waals surface area contributed by atoms with Crippen LogP contribution in [0.15, 0.2) is 94.7 Å². The summed E-state index contributed by atoms with van der Waals surface area (Å²) in [6.07, 6.45) is 10.4. The van der Waals surface area contributed by atoms with Crippen LogP contribution in [0.5, 0.6) is 0 Å². The molecule has 0 bridgehead atoms. The monoisotopic (exact) mass is 670 g/mol. The van der Waals surface area contributed by atoms with Crippen LogP contribution >= 0.6 is 11.6 Å². The van der Waals surface area contributed by atoms with E-state index in [2.05, 4.69) is 27.7 Å². The lowest BCUT2D eigenvalue weighted by Crippen LogP contribution is -2.33. The molecular formula is C34H39ClN2O6S2+2. The normalized spacial score (nSPS) is 27.2. The van der Waals surface area contributed by atoms with Gasteiger partial charge < -0.3 is 0 Å². The third-order valence-electron chi connectivity index (χ3n) is 9.94. The third kappa shape index (κ3) is 5.39. The van der Waals surface area contributed by atoms with Gasteiger partial charge in [0.15, 0.2) is 18.8 Å². The molecule has 2 atom stereocenters. The number of rotatable bonds is 7. The van der Waals surface area contributed by atoms with Gasteiger partial charge in [0.05, 0.1) is 10.8 Å². The Morgan fingerprint density at radius 1 is 0.911 bits per heavy atom. The van der Waals surface area contributed by atoms with Gasteiger partial charge in [0.25, 0.3) is 15.5 Å². The van der Waals surface area contributed by atoms with Crippen LogP contribution in [-0.4, -0.2) is 60.4 Å². The number of benzene rings is 2. The van der Waals surface area contributed by atoms with E-state index >= 15 is 0 Å². The van der Waals surface area contributed by atoms with Crippen molar-refractivity contribution in [2.24, 2.45) is 0 Å². The summed E-state index contributed by atoms with van der Waals surface area (Å²) in [7, 11) is -8.41. The average molecular weight is 671 g/mol. The van der Waals surface area contributed by atoms with Crippen LogP contribution in [0.2, 0.25) is 0 Å². The van der Waals surface area contributed by atoms with Crippen LogP contribution in [0.4, 0.5) is 11.4 Å². The Balaban J connectivity index is 1.38. The van der Waals surface area contributed by atoms with E-state index in [1.807, 2.05) is 77.4 Å². The lowest BCUT2D eigenvalue weighted by atomic mass is 9.81. The van der Waals surface area contributed by atoms with Gasteiger partial charge in [-0.15, -0.1) is 0 Å². The van der Waals surface area contributed by atoms with Crippen molar-refractivity contribution in [3.63, 3.8) is 0 Å². The Morgan fingerprint density at radius 3 is 2.24 bits per heavy atom. The maximum Gasteiger partial charge on any atom is 0.326 e. The van der Waals surface area contributed by atoms with Crippen molar-refractivity contribution in [3.8, 4) is 0 Å². The molecule has 8 nitrogen and oxygen atoms in total. The number of quaternary nitrogens is 1. The second kappa shape index (κ2) is 10.9. The summed E-state index contributed by atoms with van der Waals surface area (Å²) in [5.41, 5.74) is 6.81. The van der Waals surface area contributed by atoms with E-state index in [-0.39, 0.29) is 17.6 Å². The molecule has 0 amide bonds. The highest BCUT2D eigenvalue weighted by Gasteiger charge is 2.73. The van der Waals surface area contributed by atoms with Gasteiger partial charge in [-0.1, -0.05) is 60.2 Å². The Morgan fingerprint density at radius 2 is 1.58 bits per heavy atom. The molecule has 238 valence electrons. The molecule has 4 aliphatic rings. The molecule has 0 radical (unpaired) electrons. The second-order valence-electron chi connectivity index (χ2n) is 13.4. The van der Waals surface area contributed by atoms with E-state index in [1.165, 1.54) is 0 Å². The minimum atomic E-state index is -4.26. The number of fused-ring (bicyclic) bond motifs is 3. The average Bonchev–Trinajstić information content (AvgIpc) is 3.64. The maximum atomic E-state index is 12.3. The van der Waals surface area contributed by atoms with E-state index in [4.69, 9.17) is 11.6 Å². The molecule has 1 saturated heterocycles. The van der Waals surface area contributed by atoms with E-state index in [0.29, 0.717) is 5.03 Å². The third-order valence-corrected chi connectivity index (χ3v) is 12.3. The molecule has 3 aliphatic heterocycles. The number of para-hydroxylation sites is 2. The van der Waals surface area contributed by atoms with E-state index in [1.54, 1.807) is 0 Å². The standard InChI is InChI=1S/C34H37ClN2O6S2/c1-33(2)25-12-5-7-14-27(25)36(20-21-44(38,39)40)29(33)18-16-23-10-9-11-24(32(23)35)17-19-30-34(3,4)26-13-6-8-15-28(26)37(30)22-31(37)45(41,42)43/h5-8,12-19,31H,9-11,20-22H2,1-4H3/p+2/b18-16+,24-17+,30-19+. The van der Waals surface area contributed by atoms with Crippen LogP contribution in [0.1, 0.15) is 58.1 Å². The van der Waals surface area contributed by atoms with Crippen molar-refractivity contribution in [1.29, 1.82) is 0 Å². The molecule has 1 aliphatic carbocycles. The number of halogens is 1. The molecule has 2 unspecified atom stereocenters. The summed E-state index contributed by atoms with van der Waals surface area (Å²) >= 11 is 7.04. The van der Waals surface area contributed by atoms with Crippen LogP contribution in [-0.2, 0) is 31.1 Å². The topological polar surface area (TPSA) is 112 Å². The number of hydrogen-bond donors (Lipinski definition) is 2. The smallest absolute Gasteiger partial charge is 0.285 e. The molecule has 11 heteroatoms. The van der Waals surface area contributed by atoms with Crippen LogP contribution < -0.4 is 4.48 Å². The molecule has 3 heterocycles. The molecule has 2 N–H and O–H groups in total. The lowest BCUT2D eigenvalue weighted by Gasteiger charge is -2.22. The number of hydrogen-bond acceptors (Lipinski definition) is 4. The Hall–Kier alpha value is -2.86. The minimum Gasteiger partial charge on any atom is -0.285 e. The molecule has 1 fully saturated rings. The van der Waals surface area contributed by atoms with E-state index in [9.17, 15) is 25.9 Å². The predicted molar refractivity (Wildman–Crippen MR) is 179 cm³/mol. The molecule has 2 aromatic rings. The predicted octanol–water partition coefficient (Wildman–Crippen LogP) is 6.52. The number of allylic oxidation sites excluding steroid dienone is 8. The zero-order valence-electron chi connectivity index (χ0n) is 25.9. The fourth-order valence-corrected chi connectivity index (χ4v) is 9.47. The van der Waals surface area contributed by atoms with Gasteiger partial charge in [0.2, 0.25) is 5.69 Å². The van der Waals surface area contributed by atoms with Gasteiger partial charge in [0.1, 0.15) is 17.1 Å². The zero-order chi connectivity index (χ0) is 32.6. The first-order chi connectivity index (χ1) is 21.0. The van der Waals surface area contributed by atoms with Gasteiger partial charge in [-0.05, 0) is 70.2 Å². The summed E-state index contributed by atoms with van der Waals surface area (Å²) < 4.78 is 69.6. The molecule has 2 aromatic carbocycles. The minimum absolute atomic E-state index is 0.104. The second-order valence-corrected chi connectivity index (χ2v) is 16.9. The first-order valence-electron chi connectivity index (χ1n) is 15.1. The molecule has 0 saturated carbocycles. The van der Waals surface area contributed by atoms with Gasteiger partial charge in [0, 0.05) is 28.3 Å². The van der Waals surface area contributed by atoms with Crippen molar-refractivity contribution < 1.29 is 30.5 Å². The zero-order valence-corrected chi connectivity index (χ0v) is 28.3.